The van der Waals surface area contributed by atoms with Crippen LogP contribution in [0.2, 0.25) is 5.02 Å². The molecule has 134 valence electrons. The predicted molar refractivity (Wildman–Crippen MR) is 92.4 cm³/mol. The van der Waals surface area contributed by atoms with Crippen LogP contribution in [-0.2, 0) is 20.9 Å². The molecule has 0 aliphatic carbocycles. The number of fused-ring (bicyclic) bond motifs is 1. The SMILES string of the molecule is COC(=O)[C@@H](NC(=O)Cn1cc([N+](=O)[O-])c2ccc(Cl)cc21)C(C)C. The zero-order valence-corrected chi connectivity index (χ0v) is 14.7. The van der Waals surface area contributed by atoms with Gasteiger partial charge in [0.25, 0.3) is 5.69 Å². The maximum Gasteiger partial charge on any atom is 0.328 e. The van der Waals surface area contributed by atoms with Crippen LogP contribution in [0.1, 0.15) is 13.8 Å². The number of ether oxygens (including phenoxy) is 1. The molecule has 1 aromatic carbocycles. The number of nitro groups is 1. The molecule has 0 aliphatic heterocycles. The molecular formula is C16H18ClN3O5. The van der Waals surface area contributed by atoms with Crippen LogP contribution in [0.3, 0.4) is 0 Å². The van der Waals surface area contributed by atoms with Gasteiger partial charge in [-0.25, -0.2) is 4.79 Å². The average Bonchev–Trinajstić information content (AvgIpc) is 2.89. The van der Waals surface area contributed by atoms with Crippen LogP contribution in [0.5, 0.6) is 0 Å². The first-order valence-corrected chi connectivity index (χ1v) is 7.92. The van der Waals surface area contributed by atoms with Gasteiger partial charge >= 0.3 is 5.97 Å². The predicted octanol–water partition coefficient (Wildman–Crippen LogP) is 2.52. The molecule has 0 radical (unpaired) electrons. The summed E-state index contributed by atoms with van der Waals surface area (Å²) in [6, 6.07) is 3.85. The number of aromatic nitrogens is 1. The lowest BCUT2D eigenvalue weighted by atomic mass is 10.0. The Morgan fingerprint density at radius 3 is 2.64 bits per heavy atom. The van der Waals surface area contributed by atoms with Gasteiger partial charge in [-0.2, -0.15) is 0 Å². The number of nitrogens with one attached hydrogen (secondary N) is 1. The lowest BCUT2D eigenvalue weighted by Gasteiger charge is -2.20. The molecule has 2 aromatic rings. The van der Waals surface area contributed by atoms with Crippen molar-refractivity contribution in [1.29, 1.82) is 0 Å². The fraction of sp³-hybridized carbons (Fsp3) is 0.375. The first kappa shape index (κ1) is 18.7. The van der Waals surface area contributed by atoms with E-state index in [1.165, 1.54) is 23.9 Å². The van der Waals surface area contributed by atoms with Crippen LogP contribution in [0.4, 0.5) is 5.69 Å². The maximum absolute atomic E-state index is 12.3. The third-order valence-corrected chi connectivity index (χ3v) is 4.01. The van der Waals surface area contributed by atoms with E-state index < -0.39 is 22.8 Å². The smallest absolute Gasteiger partial charge is 0.328 e. The quantitative estimate of drug-likeness (QED) is 0.480. The van der Waals surface area contributed by atoms with E-state index in [2.05, 4.69) is 10.1 Å². The number of carbonyl (C=O) groups is 2. The van der Waals surface area contributed by atoms with Crippen LogP contribution in [0.25, 0.3) is 10.9 Å². The second kappa shape index (κ2) is 7.52. The minimum absolute atomic E-state index is 0.118. The average molecular weight is 368 g/mol. The van der Waals surface area contributed by atoms with Gasteiger partial charge in [-0.3, -0.25) is 14.9 Å². The summed E-state index contributed by atoms with van der Waals surface area (Å²) in [6.45, 7) is 3.36. The van der Waals surface area contributed by atoms with Gasteiger partial charge in [-0.05, 0) is 24.1 Å². The second-order valence-corrected chi connectivity index (χ2v) is 6.31. The molecule has 1 heterocycles. The molecule has 1 N–H and O–H groups in total. The van der Waals surface area contributed by atoms with Gasteiger partial charge in [0.05, 0.1) is 29.1 Å². The van der Waals surface area contributed by atoms with Gasteiger partial charge in [0.1, 0.15) is 12.6 Å². The Labute approximate surface area is 148 Å². The highest BCUT2D eigenvalue weighted by molar-refractivity contribution is 6.31. The van der Waals surface area contributed by atoms with Crippen molar-refractivity contribution in [3.05, 3.63) is 39.5 Å². The summed E-state index contributed by atoms with van der Waals surface area (Å²) in [5, 5.41) is 14.6. The molecule has 0 saturated heterocycles. The molecule has 2 rings (SSSR count). The number of benzene rings is 1. The van der Waals surface area contributed by atoms with Crippen molar-refractivity contribution in [3.63, 3.8) is 0 Å². The number of amides is 1. The number of hydrogen-bond acceptors (Lipinski definition) is 5. The summed E-state index contributed by atoms with van der Waals surface area (Å²) >= 11 is 5.96. The molecule has 1 amide bonds. The molecule has 9 heteroatoms. The number of halogens is 1. The van der Waals surface area contributed by atoms with E-state index in [0.717, 1.165) is 0 Å². The lowest BCUT2D eigenvalue weighted by molar-refractivity contribution is -0.383. The summed E-state index contributed by atoms with van der Waals surface area (Å²) in [5.74, 6) is -1.17. The first-order valence-electron chi connectivity index (χ1n) is 7.54. The Morgan fingerprint density at radius 2 is 2.08 bits per heavy atom. The number of methoxy groups -OCH3 is 1. The van der Waals surface area contributed by atoms with Gasteiger partial charge in [0.15, 0.2) is 0 Å². The molecule has 0 spiro atoms. The normalized spacial score (nSPS) is 12.2. The fourth-order valence-corrected chi connectivity index (χ4v) is 2.69. The number of nitrogens with zero attached hydrogens (tertiary/aromatic N) is 2. The van der Waals surface area contributed by atoms with Crippen molar-refractivity contribution in [1.82, 2.24) is 9.88 Å². The number of hydrogen-bond donors (Lipinski definition) is 1. The van der Waals surface area contributed by atoms with Gasteiger partial charge in [-0.15, -0.1) is 0 Å². The van der Waals surface area contributed by atoms with Crippen LogP contribution < -0.4 is 5.32 Å². The van der Waals surface area contributed by atoms with Crippen LogP contribution in [0.15, 0.2) is 24.4 Å². The van der Waals surface area contributed by atoms with E-state index in [1.54, 1.807) is 26.0 Å². The molecule has 0 unspecified atom stereocenters. The molecule has 1 atom stereocenters. The first-order chi connectivity index (χ1) is 11.7. The van der Waals surface area contributed by atoms with Crippen molar-refractivity contribution in [2.24, 2.45) is 5.92 Å². The highest BCUT2D eigenvalue weighted by atomic mass is 35.5. The number of esters is 1. The third-order valence-electron chi connectivity index (χ3n) is 3.77. The fourth-order valence-electron chi connectivity index (χ4n) is 2.52. The Kier molecular flexibility index (Phi) is 5.63. The summed E-state index contributed by atoms with van der Waals surface area (Å²) < 4.78 is 6.11. The van der Waals surface area contributed by atoms with Crippen molar-refractivity contribution < 1.29 is 19.2 Å². The highest BCUT2D eigenvalue weighted by Gasteiger charge is 2.26. The summed E-state index contributed by atoms with van der Waals surface area (Å²) in [6.07, 6.45) is 1.28. The molecule has 1 aromatic heterocycles. The standard InChI is InChI=1S/C16H18ClN3O5/c1-9(2)15(16(22)25-3)18-14(21)8-19-7-13(20(23)24)11-5-4-10(17)6-12(11)19/h4-7,9,15H,8H2,1-3H3,(H,18,21)/t15-/m0/s1. The Balaban J connectivity index is 2.30. The zero-order chi connectivity index (χ0) is 18.7. The molecular weight excluding hydrogens is 350 g/mol. The summed E-state index contributed by atoms with van der Waals surface area (Å²) in [4.78, 5) is 34.7. The van der Waals surface area contributed by atoms with E-state index in [9.17, 15) is 19.7 Å². The van der Waals surface area contributed by atoms with E-state index in [0.29, 0.717) is 15.9 Å². The van der Waals surface area contributed by atoms with Gasteiger partial charge < -0.3 is 14.6 Å². The zero-order valence-electron chi connectivity index (χ0n) is 14.0. The van der Waals surface area contributed by atoms with Crippen LogP contribution in [-0.4, -0.2) is 34.5 Å². The molecule has 0 fully saturated rings. The molecule has 0 saturated carbocycles. The highest BCUT2D eigenvalue weighted by Crippen LogP contribution is 2.30. The second-order valence-electron chi connectivity index (χ2n) is 5.87. The lowest BCUT2D eigenvalue weighted by Crippen LogP contribution is -2.46. The monoisotopic (exact) mass is 367 g/mol. The molecule has 25 heavy (non-hydrogen) atoms. The number of carbonyl (C=O) groups excluding carboxylic acids is 2. The third kappa shape index (κ3) is 4.08. The van der Waals surface area contributed by atoms with Gasteiger partial charge in [-0.1, -0.05) is 25.4 Å². The Morgan fingerprint density at radius 1 is 1.40 bits per heavy atom. The van der Waals surface area contributed by atoms with Crippen LogP contribution in [0, 0.1) is 16.0 Å². The Bertz CT molecular complexity index is 831. The largest absolute Gasteiger partial charge is 0.467 e. The molecule has 8 nitrogen and oxygen atoms in total. The van der Waals surface area contributed by atoms with Crippen molar-refractivity contribution in [2.45, 2.75) is 26.4 Å². The maximum atomic E-state index is 12.3. The summed E-state index contributed by atoms with van der Waals surface area (Å²) in [5.41, 5.74) is 0.348. The van der Waals surface area contributed by atoms with E-state index >= 15 is 0 Å². The van der Waals surface area contributed by atoms with E-state index in [1.807, 2.05) is 0 Å². The van der Waals surface area contributed by atoms with Crippen LogP contribution >= 0.6 is 11.6 Å². The van der Waals surface area contributed by atoms with Crippen molar-refractivity contribution >= 4 is 40.1 Å². The minimum Gasteiger partial charge on any atom is -0.467 e. The van der Waals surface area contributed by atoms with E-state index in [4.69, 9.17) is 11.6 Å². The van der Waals surface area contributed by atoms with Crippen molar-refractivity contribution in [2.75, 3.05) is 7.11 Å². The van der Waals surface area contributed by atoms with Gasteiger partial charge in [0.2, 0.25) is 5.91 Å². The van der Waals surface area contributed by atoms with Gasteiger partial charge in [0, 0.05) is 5.02 Å². The Hall–Kier alpha value is -2.61. The minimum atomic E-state index is -0.794. The topological polar surface area (TPSA) is 103 Å². The van der Waals surface area contributed by atoms with E-state index in [-0.39, 0.29) is 18.2 Å². The number of rotatable bonds is 6. The molecule has 0 aliphatic rings. The van der Waals surface area contributed by atoms with Crippen molar-refractivity contribution in [3.8, 4) is 0 Å². The molecule has 0 bridgehead atoms. The summed E-state index contributed by atoms with van der Waals surface area (Å²) in [7, 11) is 1.24.